The lowest BCUT2D eigenvalue weighted by atomic mass is 9.95. The van der Waals surface area contributed by atoms with Crippen LogP contribution in [-0.4, -0.2) is 12.2 Å². The molecule has 0 aliphatic carbocycles. The monoisotopic (exact) mass is 268 g/mol. The van der Waals surface area contributed by atoms with Crippen molar-refractivity contribution in [3.05, 3.63) is 71.8 Å². The molecule has 0 fully saturated rings. The predicted octanol–water partition coefficient (Wildman–Crippen LogP) is 2.04. The van der Waals surface area contributed by atoms with E-state index in [1.165, 1.54) is 0 Å². The molecule has 4 nitrogen and oxygen atoms in total. The molecule has 0 heterocycles. The quantitative estimate of drug-likeness (QED) is 0.644. The van der Waals surface area contributed by atoms with E-state index >= 15 is 0 Å². The third-order valence-corrected chi connectivity index (χ3v) is 3.08. The maximum atomic E-state index is 11.9. The summed E-state index contributed by atoms with van der Waals surface area (Å²) < 4.78 is 0. The van der Waals surface area contributed by atoms with Crippen molar-refractivity contribution in [2.75, 3.05) is 0 Å². The van der Waals surface area contributed by atoms with Crippen molar-refractivity contribution >= 4 is 12.2 Å². The molecule has 0 bridgehead atoms. The third-order valence-electron chi connectivity index (χ3n) is 3.08. The fraction of sp³-hybridized carbons (Fsp3) is 0.125. The minimum Gasteiger partial charge on any atom is -0.301 e. The van der Waals surface area contributed by atoms with Crippen LogP contribution in [0.5, 0.6) is 0 Å². The summed E-state index contributed by atoms with van der Waals surface area (Å²) >= 11 is 0. The van der Waals surface area contributed by atoms with Crippen LogP contribution in [0.15, 0.2) is 60.7 Å². The molecule has 1 atom stereocenters. The van der Waals surface area contributed by atoms with Gasteiger partial charge < -0.3 is 4.79 Å². The zero-order chi connectivity index (χ0) is 14.4. The number of nitrogens with one attached hydrogen (secondary N) is 2. The van der Waals surface area contributed by atoms with Gasteiger partial charge in [0.15, 0.2) is 0 Å². The lowest BCUT2D eigenvalue weighted by Gasteiger charge is -2.25. The zero-order valence-corrected chi connectivity index (χ0v) is 11.2. The molecule has 0 saturated heterocycles. The van der Waals surface area contributed by atoms with E-state index in [2.05, 4.69) is 10.9 Å². The first-order valence-corrected chi connectivity index (χ1v) is 6.30. The molecule has 2 aromatic carbocycles. The van der Waals surface area contributed by atoms with E-state index in [9.17, 15) is 9.59 Å². The van der Waals surface area contributed by atoms with Crippen LogP contribution in [0.1, 0.15) is 22.8 Å². The summed E-state index contributed by atoms with van der Waals surface area (Å²) in [6.07, 6.45) is 0.771. The highest BCUT2D eigenvalue weighted by molar-refractivity contribution is 5.94. The Morgan fingerprint density at radius 1 is 1.00 bits per heavy atom. The number of aldehydes is 1. The zero-order valence-electron chi connectivity index (χ0n) is 11.2. The van der Waals surface area contributed by atoms with Gasteiger partial charge in [-0.05, 0) is 24.6 Å². The predicted molar refractivity (Wildman–Crippen MR) is 76.9 cm³/mol. The van der Waals surface area contributed by atoms with E-state index in [0.29, 0.717) is 5.56 Å². The second-order valence-electron chi connectivity index (χ2n) is 4.63. The van der Waals surface area contributed by atoms with Gasteiger partial charge in [0.2, 0.25) is 0 Å². The Labute approximate surface area is 117 Å². The molecule has 0 saturated carbocycles. The Hall–Kier alpha value is -2.46. The van der Waals surface area contributed by atoms with Crippen LogP contribution in [-0.2, 0) is 10.3 Å². The summed E-state index contributed by atoms with van der Waals surface area (Å²) in [5.41, 5.74) is 5.70. The van der Waals surface area contributed by atoms with Crippen molar-refractivity contribution in [1.29, 1.82) is 0 Å². The van der Waals surface area contributed by atoms with Gasteiger partial charge in [-0.3, -0.25) is 10.2 Å². The van der Waals surface area contributed by atoms with Gasteiger partial charge in [0.1, 0.15) is 11.8 Å². The largest absolute Gasteiger partial charge is 0.301 e. The SMILES string of the molecule is CC(C=O)(NNC(=O)c1ccccc1)c1ccccc1. The number of amides is 1. The Morgan fingerprint density at radius 3 is 2.10 bits per heavy atom. The van der Waals surface area contributed by atoms with Gasteiger partial charge in [-0.25, -0.2) is 5.43 Å². The molecule has 4 heteroatoms. The van der Waals surface area contributed by atoms with E-state index in [1.54, 1.807) is 31.2 Å². The number of rotatable bonds is 5. The second-order valence-corrected chi connectivity index (χ2v) is 4.63. The number of hydrogen-bond donors (Lipinski definition) is 2. The van der Waals surface area contributed by atoms with E-state index in [1.807, 2.05) is 36.4 Å². The second kappa shape index (κ2) is 6.12. The molecule has 0 aliphatic rings. The normalized spacial score (nSPS) is 13.2. The fourth-order valence-electron chi connectivity index (χ4n) is 1.80. The molecule has 1 unspecified atom stereocenters. The first-order chi connectivity index (χ1) is 9.65. The topological polar surface area (TPSA) is 58.2 Å². The number of hydrogen-bond acceptors (Lipinski definition) is 3. The van der Waals surface area contributed by atoms with Crippen LogP contribution < -0.4 is 10.9 Å². The maximum Gasteiger partial charge on any atom is 0.265 e. The summed E-state index contributed by atoms with van der Waals surface area (Å²) in [5.74, 6) is -0.283. The number of benzene rings is 2. The van der Waals surface area contributed by atoms with Crippen molar-refractivity contribution in [1.82, 2.24) is 10.9 Å². The average Bonchev–Trinajstić information content (AvgIpc) is 2.54. The van der Waals surface area contributed by atoms with Crippen LogP contribution >= 0.6 is 0 Å². The Bertz CT molecular complexity index is 584. The Balaban J connectivity index is 2.08. The maximum absolute atomic E-state index is 11.9. The molecular formula is C16H16N2O2. The molecule has 2 N–H and O–H groups in total. The summed E-state index contributed by atoms with van der Waals surface area (Å²) in [6, 6.07) is 18.0. The highest BCUT2D eigenvalue weighted by Gasteiger charge is 2.26. The minimum absolute atomic E-state index is 0.283. The van der Waals surface area contributed by atoms with E-state index in [0.717, 1.165) is 11.8 Å². The molecule has 0 aliphatic heterocycles. The van der Waals surface area contributed by atoms with E-state index < -0.39 is 5.54 Å². The van der Waals surface area contributed by atoms with E-state index in [-0.39, 0.29) is 5.91 Å². The van der Waals surface area contributed by atoms with Crippen LogP contribution in [0.4, 0.5) is 0 Å². The van der Waals surface area contributed by atoms with E-state index in [4.69, 9.17) is 0 Å². The number of carbonyl (C=O) groups is 2. The van der Waals surface area contributed by atoms with Gasteiger partial charge in [-0.1, -0.05) is 48.5 Å². The molecule has 102 valence electrons. The molecule has 0 spiro atoms. The summed E-state index contributed by atoms with van der Waals surface area (Å²) in [5, 5.41) is 0. The summed E-state index contributed by atoms with van der Waals surface area (Å²) in [6.45, 7) is 1.71. The van der Waals surface area contributed by atoms with Gasteiger partial charge in [0.25, 0.3) is 5.91 Å². The Morgan fingerprint density at radius 2 is 1.55 bits per heavy atom. The van der Waals surface area contributed by atoms with Crippen molar-refractivity contribution in [3.8, 4) is 0 Å². The van der Waals surface area contributed by atoms with Crippen molar-refractivity contribution in [2.45, 2.75) is 12.5 Å². The van der Waals surface area contributed by atoms with Crippen LogP contribution in [0, 0.1) is 0 Å². The number of carbonyl (C=O) groups excluding carboxylic acids is 2. The minimum atomic E-state index is -0.967. The molecule has 20 heavy (non-hydrogen) atoms. The van der Waals surface area contributed by atoms with Gasteiger partial charge in [-0.2, -0.15) is 0 Å². The van der Waals surface area contributed by atoms with Crippen LogP contribution in [0.25, 0.3) is 0 Å². The summed E-state index contributed by atoms with van der Waals surface area (Å²) in [7, 11) is 0. The van der Waals surface area contributed by atoms with Crippen molar-refractivity contribution in [2.24, 2.45) is 0 Å². The first kappa shape index (κ1) is 14.0. The molecular weight excluding hydrogens is 252 g/mol. The highest BCUT2D eigenvalue weighted by Crippen LogP contribution is 2.16. The lowest BCUT2D eigenvalue weighted by Crippen LogP contribution is -2.51. The smallest absolute Gasteiger partial charge is 0.265 e. The van der Waals surface area contributed by atoms with Crippen LogP contribution in [0.2, 0.25) is 0 Å². The standard InChI is InChI=1S/C16H16N2O2/c1-16(12-19,14-10-6-3-7-11-14)18-17-15(20)13-8-4-2-5-9-13/h2-12,18H,1H3,(H,17,20). The molecule has 2 aromatic rings. The van der Waals surface area contributed by atoms with Gasteiger partial charge in [-0.15, -0.1) is 0 Å². The van der Waals surface area contributed by atoms with Crippen molar-refractivity contribution < 1.29 is 9.59 Å². The third kappa shape index (κ3) is 3.10. The van der Waals surface area contributed by atoms with Gasteiger partial charge >= 0.3 is 0 Å². The molecule has 0 radical (unpaired) electrons. The Kier molecular flexibility index (Phi) is 4.27. The fourth-order valence-corrected chi connectivity index (χ4v) is 1.80. The molecule has 2 rings (SSSR count). The van der Waals surface area contributed by atoms with Crippen LogP contribution in [0.3, 0.4) is 0 Å². The molecule has 1 amide bonds. The first-order valence-electron chi connectivity index (χ1n) is 6.30. The van der Waals surface area contributed by atoms with Gasteiger partial charge in [0.05, 0.1) is 0 Å². The van der Waals surface area contributed by atoms with Gasteiger partial charge in [0, 0.05) is 5.56 Å². The van der Waals surface area contributed by atoms with Crippen molar-refractivity contribution in [3.63, 3.8) is 0 Å². The summed E-state index contributed by atoms with van der Waals surface area (Å²) in [4.78, 5) is 23.3. The molecule has 0 aromatic heterocycles. The average molecular weight is 268 g/mol. The highest BCUT2D eigenvalue weighted by atomic mass is 16.2. The lowest BCUT2D eigenvalue weighted by molar-refractivity contribution is -0.113. The number of hydrazine groups is 1.